The molecule has 0 aromatic heterocycles. The van der Waals surface area contributed by atoms with E-state index in [9.17, 15) is 10.2 Å². The van der Waals surface area contributed by atoms with Crippen molar-refractivity contribution < 1.29 is 10.2 Å². The van der Waals surface area contributed by atoms with Crippen LogP contribution >= 0.6 is 0 Å². The Morgan fingerprint density at radius 1 is 1.00 bits per heavy atom. The molecule has 6 saturated carbocycles. The molecule has 7 aliphatic carbocycles. The Bertz CT molecular complexity index is 958. The van der Waals surface area contributed by atoms with Crippen LogP contribution in [0.3, 0.4) is 0 Å². The Morgan fingerprint density at radius 2 is 1.68 bits per heavy atom. The first-order valence-corrected chi connectivity index (χ1v) is 14.9. The summed E-state index contributed by atoms with van der Waals surface area (Å²) in [5.74, 6) is 5.89. The number of phenolic OH excluding ortho intramolecular Hbond substituents is 1. The minimum Gasteiger partial charge on any atom is -0.507 e. The number of aromatic hydroxyl groups is 1. The van der Waals surface area contributed by atoms with E-state index in [0.29, 0.717) is 23.5 Å². The quantitative estimate of drug-likeness (QED) is 0.486. The molecule has 7 aliphatic rings. The van der Waals surface area contributed by atoms with Crippen molar-refractivity contribution in [1.82, 2.24) is 0 Å². The van der Waals surface area contributed by atoms with Gasteiger partial charge in [-0.1, -0.05) is 26.8 Å². The number of phenols is 1. The first-order valence-electron chi connectivity index (χ1n) is 14.9. The lowest BCUT2D eigenvalue weighted by Gasteiger charge is -2.57. The molecule has 0 radical (unpaired) electrons. The Hall–Kier alpha value is -1.02. The SMILES string of the molecule is CCC(C)c1c(O)c(C23CC4CC(CC(C4)C2)C3)cc2c1CCC1[C@@H]2CCC2(C)C(O)CC[C@@H]12. The maximum atomic E-state index is 12.0. The Balaban J connectivity index is 1.36. The smallest absolute Gasteiger partial charge is 0.123 e. The van der Waals surface area contributed by atoms with Gasteiger partial charge in [0.2, 0.25) is 0 Å². The minimum atomic E-state index is -0.0991. The van der Waals surface area contributed by atoms with Gasteiger partial charge >= 0.3 is 0 Å². The molecule has 1 aromatic carbocycles. The topological polar surface area (TPSA) is 40.5 Å². The second-order valence-electron chi connectivity index (χ2n) is 14.3. The van der Waals surface area contributed by atoms with Gasteiger partial charge in [-0.05, 0) is 147 Å². The van der Waals surface area contributed by atoms with Gasteiger partial charge in [0.05, 0.1) is 6.10 Å². The number of aliphatic hydroxyl groups is 1. The fourth-order valence-electron chi connectivity index (χ4n) is 11.3. The van der Waals surface area contributed by atoms with Crippen LogP contribution in [-0.2, 0) is 11.8 Å². The molecular weight excluding hydrogens is 416 g/mol. The van der Waals surface area contributed by atoms with Crippen LogP contribution in [0.4, 0.5) is 0 Å². The molecule has 0 aliphatic heterocycles. The molecular formula is C32H46O2. The summed E-state index contributed by atoms with van der Waals surface area (Å²) >= 11 is 0. The molecule has 2 N–H and O–H groups in total. The predicted molar refractivity (Wildman–Crippen MR) is 137 cm³/mol. The maximum Gasteiger partial charge on any atom is 0.123 e. The van der Waals surface area contributed by atoms with Gasteiger partial charge < -0.3 is 10.2 Å². The molecule has 8 rings (SSSR count). The normalized spacial score (nSPS) is 47.2. The molecule has 1 aromatic rings. The van der Waals surface area contributed by atoms with Gasteiger partial charge in [-0.15, -0.1) is 0 Å². The van der Waals surface area contributed by atoms with Crippen molar-refractivity contribution in [3.63, 3.8) is 0 Å². The number of hydrogen-bond donors (Lipinski definition) is 2. The van der Waals surface area contributed by atoms with Gasteiger partial charge in [-0.2, -0.15) is 0 Å². The Labute approximate surface area is 206 Å². The van der Waals surface area contributed by atoms with Crippen molar-refractivity contribution in [3.05, 3.63) is 28.3 Å². The van der Waals surface area contributed by atoms with E-state index in [1.807, 2.05) is 0 Å². The Kier molecular flexibility index (Phi) is 4.90. The molecule has 0 amide bonds. The van der Waals surface area contributed by atoms with Gasteiger partial charge in [-0.3, -0.25) is 0 Å². The summed E-state index contributed by atoms with van der Waals surface area (Å²) in [5, 5.41) is 22.9. The highest BCUT2D eigenvalue weighted by Gasteiger charge is 2.56. The summed E-state index contributed by atoms with van der Waals surface area (Å²) in [5.41, 5.74) is 6.26. The van der Waals surface area contributed by atoms with Crippen molar-refractivity contribution >= 4 is 0 Å². The zero-order valence-electron chi connectivity index (χ0n) is 21.8. The third kappa shape index (κ3) is 2.90. The number of benzene rings is 1. The predicted octanol–water partition coefficient (Wildman–Crippen LogP) is 7.59. The zero-order chi connectivity index (χ0) is 23.4. The minimum absolute atomic E-state index is 0.0991. The van der Waals surface area contributed by atoms with Crippen molar-refractivity contribution in [3.8, 4) is 5.75 Å². The molecule has 2 nitrogen and oxygen atoms in total. The highest BCUT2D eigenvalue weighted by molar-refractivity contribution is 5.57. The summed E-state index contributed by atoms with van der Waals surface area (Å²) in [6.07, 6.45) is 16.4. The van der Waals surface area contributed by atoms with Gasteiger partial charge in [0.25, 0.3) is 0 Å². The summed E-state index contributed by atoms with van der Waals surface area (Å²) in [7, 11) is 0. The third-order valence-electron chi connectivity index (χ3n) is 12.7. The standard InChI is InChI=1S/C32H46O2/c1-4-18(2)29-24-6-5-23-22(9-10-31(3)26(23)7-8-28(31)33)25(24)14-27(30(29)34)32-15-19-11-20(16-32)13-21(12-19)17-32/h14,18-23,26,28,33-34H,4-13,15-17H2,1-3H3/t18?,19?,20?,21?,22-,23?,26-,28?,31?,32?/m0/s1. The second kappa shape index (κ2) is 7.50. The van der Waals surface area contributed by atoms with Crippen LogP contribution in [0.15, 0.2) is 6.07 Å². The van der Waals surface area contributed by atoms with E-state index in [1.54, 1.807) is 5.56 Å². The van der Waals surface area contributed by atoms with Gasteiger partial charge in [0.15, 0.2) is 0 Å². The number of fused-ring (bicyclic) bond motifs is 5. The maximum absolute atomic E-state index is 12.0. The second-order valence-corrected chi connectivity index (χ2v) is 14.3. The molecule has 0 heterocycles. The lowest BCUT2D eigenvalue weighted by Crippen LogP contribution is -2.49. The summed E-state index contributed by atoms with van der Waals surface area (Å²) in [6.45, 7) is 7.05. The van der Waals surface area contributed by atoms with E-state index >= 15 is 0 Å². The number of rotatable bonds is 3. The van der Waals surface area contributed by atoms with Gasteiger partial charge in [-0.25, -0.2) is 0 Å². The summed E-state index contributed by atoms with van der Waals surface area (Å²) < 4.78 is 0. The fraction of sp³-hybridized carbons (Fsp3) is 0.812. The van der Waals surface area contributed by atoms with Crippen molar-refractivity contribution in [2.75, 3.05) is 0 Å². The van der Waals surface area contributed by atoms with Crippen LogP contribution in [0.25, 0.3) is 0 Å². The van der Waals surface area contributed by atoms with Crippen LogP contribution in [0, 0.1) is 35.0 Å². The van der Waals surface area contributed by atoms with Crippen molar-refractivity contribution in [2.45, 2.75) is 128 Å². The van der Waals surface area contributed by atoms with E-state index in [2.05, 4.69) is 26.8 Å². The number of aliphatic hydroxyl groups excluding tert-OH is 1. The molecule has 6 atom stereocenters. The highest BCUT2D eigenvalue weighted by Crippen LogP contribution is 2.65. The van der Waals surface area contributed by atoms with Crippen LogP contribution in [-0.4, -0.2) is 16.3 Å². The number of hydrogen-bond acceptors (Lipinski definition) is 2. The zero-order valence-corrected chi connectivity index (χ0v) is 21.8. The summed E-state index contributed by atoms with van der Waals surface area (Å²) in [4.78, 5) is 0. The van der Waals surface area contributed by atoms with E-state index in [4.69, 9.17) is 0 Å². The fourth-order valence-corrected chi connectivity index (χ4v) is 11.3. The molecule has 4 bridgehead atoms. The highest BCUT2D eigenvalue weighted by atomic mass is 16.3. The molecule has 0 spiro atoms. The largest absolute Gasteiger partial charge is 0.507 e. The third-order valence-corrected chi connectivity index (χ3v) is 12.7. The lowest BCUT2D eigenvalue weighted by atomic mass is 9.47. The van der Waals surface area contributed by atoms with Crippen LogP contribution in [0.5, 0.6) is 5.75 Å². The first-order chi connectivity index (χ1) is 16.3. The van der Waals surface area contributed by atoms with E-state index in [-0.39, 0.29) is 16.9 Å². The monoisotopic (exact) mass is 462 g/mol. The van der Waals surface area contributed by atoms with E-state index in [0.717, 1.165) is 42.9 Å². The first kappa shape index (κ1) is 22.2. The van der Waals surface area contributed by atoms with Crippen molar-refractivity contribution in [1.29, 1.82) is 0 Å². The molecule has 0 saturated heterocycles. The van der Waals surface area contributed by atoms with E-state index in [1.165, 1.54) is 80.9 Å². The molecule has 6 fully saturated rings. The van der Waals surface area contributed by atoms with Gasteiger partial charge in [0.1, 0.15) is 5.75 Å². The van der Waals surface area contributed by atoms with Gasteiger partial charge in [0, 0.05) is 11.1 Å². The molecule has 34 heavy (non-hydrogen) atoms. The Morgan fingerprint density at radius 3 is 2.32 bits per heavy atom. The van der Waals surface area contributed by atoms with Crippen LogP contribution in [0.2, 0.25) is 0 Å². The van der Waals surface area contributed by atoms with Crippen LogP contribution in [0.1, 0.15) is 132 Å². The molecule has 2 heteroatoms. The van der Waals surface area contributed by atoms with E-state index < -0.39 is 0 Å². The average Bonchev–Trinajstić information content (AvgIpc) is 3.11. The average molecular weight is 463 g/mol. The lowest BCUT2D eigenvalue weighted by molar-refractivity contribution is -0.0229. The van der Waals surface area contributed by atoms with Crippen molar-refractivity contribution in [2.24, 2.45) is 35.0 Å². The molecule has 186 valence electrons. The van der Waals surface area contributed by atoms with Crippen LogP contribution < -0.4 is 0 Å². The molecule has 4 unspecified atom stereocenters. The summed E-state index contributed by atoms with van der Waals surface area (Å²) in [6, 6.07) is 2.59.